The molecular weight excluding hydrogens is 216 g/mol. The maximum atomic E-state index is 11.4. The summed E-state index contributed by atoms with van der Waals surface area (Å²) in [7, 11) is 1.64. The molecule has 3 N–H and O–H groups in total. The third-order valence-electron chi connectivity index (χ3n) is 2.65. The fourth-order valence-electron chi connectivity index (χ4n) is 1.44. The molecule has 4 nitrogen and oxygen atoms in total. The number of ether oxygens (including phenoxy) is 1. The molecule has 1 amide bonds. The molecular formula is C13H20N2O2. The smallest absolute Gasteiger partial charge is 0.236 e. The first-order valence-electron chi connectivity index (χ1n) is 5.83. The molecule has 4 heteroatoms. The fraction of sp³-hybridized carbons (Fsp3) is 0.462. The zero-order valence-corrected chi connectivity index (χ0v) is 10.4. The van der Waals surface area contributed by atoms with Crippen molar-refractivity contribution in [2.75, 3.05) is 13.7 Å². The molecule has 0 bridgehead atoms. The molecule has 0 saturated carbocycles. The lowest BCUT2D eigenvalue weighted by atomic mass is 10.1. The van der Waals surface area contributed by atoms with E-state index in [0.29, 0.717) is 13.0 Å². The molecule has 0 unspecified atom stereocenters. The Labute approximate surface area is 102 Å². The van der Waals surface area contributed by atoms with Gasteiger partial charge in [0.25, 0.3) is 0 Å². The number of carbonyl (C=O) groups excluding carboxylic acids is 1. The van der Waals surface area contributed by atoms with Crippen molar-refractivity contribution in [3.05, 3.63) is 29.8 Å². The summed E-state index contributed by atoms with van der Waals surface area (Å²) < 4.78 is 5.07. The van der Waals surface area contributed by atoms with Gasteiger partial charge in [0, 0.05) is 6.54 Å². The summed E-state index contributed by atoms with van der Waals surface area (Å²) in [6, 6.07) is 7.41. The molecule has 94 valence electrons. The minimum Gasteiger partial charge on any atom is -0.497 e. The fourth-order valence-corrected chi connectivity index (χ4v) is 1.44. The highest BCUT2D eigenvalue weighted by Crippen LogP contribution is 2.11. The topological polar surface area (TPSA) is 64.4 Å². The average Bonchev–Trinajstić information content (AvgIpc) is 2.38. The largest absolute Gasteiger partial charge is 0.497 e. The second-order valence-electron chi connectivity index (χ2n) is 3.90. The van der Waals surface area contributed by atoms with Gasteiger partial charge in [-0.1, -0.05) is 19.1 Å². The highest BCUT2D eigenvalue weighted by molar-refractivity contribution is 5.81. The standard InChI is InChI=1S/C13H20N2O2/c1-3-12(14)13(16)15-9-8-10-4-6-11(17-2)7-5-10/h4-7,12H,3,8-9,14H2,1-2H3,(H,15,16)/t12-/m0/s1. The van der Waals surface area contributed by atoms with Crippen LogP contribution in [0, 0.1) is 0 Å². The van der Waals surface area contributed by atoms with Crippen LogP contribution in [0.15, 0.2) is 24.3 Å². The third kappa shape index (κ3) is 4.44. The van der Waals surface area contributed by atoms with Crippen molar-refractivity contribution in [2.45, 2.75) is 25.8 Å². The maximum Gasteiger partial charge on any atom is 0.236 e. The molecule has 1 aromatic rings. The quantitative estimate of drug-likeness (QED) is 0.777. The molecule has 1 rings (SSSR count). The number of amides is 1. The SMILES string of the molecule is CC[C@H](N)C(=O)NCCc1ccc(OC)cc1. The monoisotopic (exact) mass is 236 g/mol. The molecule has 17 heavy (non-hydrogen) atoms. The molecule has 0 aliphatic heterocycles. The van der Waals surface area contributed by atoms with E-state index in [1.54, 1.807) is 7.11 Å². The zero-order chi connectivity index (χ0) is 12.7. The molecule has 0 aromatic heterocycles. The zero-order valence-electron chi connectivity index (χ0n) is 10.4. The van der Waals surface area contributed by atoms with Crippen molar-refractivity contribution in [3.63, 3.8) is 0 Å². The van der Waals surface area contributed by atoms with Crippen LogP contribution in [0.1, 0.15) is 18.9 Å². The Morgan fingerprint density at radius 1 is 1.41 bits per heavy atom. The van der Waals surface area contributed by atoms with Crippen LogP contribution in [0.3, 0.4) is 0 Å². The first-order chi connectivity index (χ1) is 8.17. The van der Waals surface area contributed by atoms with E-state index in [9.17, 15) is 4.79 Å². The molecule has 0 aliphatic rings. The van der Waals surface area contributed by atoms with E-state index in [4.69, 9.17) is 10.5 Å². The molecule has 0 spiro atoms. The summed E-state index contributed by atoms with van der Waals surface area (Å²) in [6.07, 6.45) is 1.46. The summed E-state index contributed by atoms with van der Waals surface area (Å²) in [5.41, 5.74) is 6.77. The maximum absolute atomic E-state index is 11.4. The van der Waals surface area contributed by atoms with Gasteiger partial charge in [-0.15, -0.1) is 0 Å². The molecule has 1 atom stereocenters. The van der Waals surface area contributed by atoms with Crippen LogP contribution in [0.5, 0.6) is 5.75 Å². The number of benzene rings is 1. The minimum atomic E-state index is -0.397. The molecule has 0 heterocycles. The van der Waals surface area contributed by atoms with Gasteiger partial charge in [-0.25, -0.2) is 0 Å². The second kappa shape index (κ2) is 6.91. The van der Waals surface area contributed by atoms with Crippen LogP contribution in [-0.2, 0) is 11.2 Å². The molecule has 0 fully saturated rings. The van der Waals surface area contributed by atoms with Crippen molar-refractivity contribution in [3.8, 4) is 5.75 Å². The normalized spacial score (nSPS) is 11.9. The highest BCUT2D eigenvalue weighted by atomic mass is 16.5. The van der Waals surface area contributed by atoms with Gasteiger partial charge in [-0.2, -0.15) is 0 Å². The molecule has 0 saturated heterocycles. The Bertz CT molecular complexity index is 349. The van der Waals surface area contributed by atoms with Gasteiger partial charge in [0.15, 0.2) is 0 Å². The van der Waals surface area contributed by atoms with E-state index in [1.807, 2.05) is 31.2 Å². The third-order valence-corrected chi connectivity index (χ3v) is 2.65. The minimum absolute atomic E-state index is 0.0824. The second-order valence-corrected chi connectivity index (χ2v) is 3.90. The Kier molecular flexibility index (Phi) is 5.49. The number of nitrogens with two attached hydrogens (primary N) is 1. The summed E-state index contributed by atoms with van der Waals surface area (Å²) in [4.78, 5) is 11.4. The summed E-state index contributed by atoms with van der Waals surface area (Å²) in [5, 5.41) is 2.82. The van der Waals surface area contributed by atoms with Crippen LogP contribution < -0.4 is 15.8 Å². The Morgan fingerprint density at radius 3 is 2.59 bits per heavy atom. The average molecular weight is 236 g/mol. The van der Waals surface area contributed by atoms with Gasteiger partial charge in [-0.05, 0) is 30.5 Å². The van der Waals surface area contributed by atoms with Gasteiger partial charge in [0.05, 0.1) is 13.2 Å². The number of hydrogen-bond donors (Lipinski definition) is 2. The molecule has 1 aromatic carbocycles. The Balaban J connectivity index is 2.33. The first kappa shape index (κ1) is 13.5. The van der Waals surface area contributed by atoms with Gasteiger partial charge in [0.1, 0.15) is 5.75 Å². The van der Waals surface area contributed by atoms with Crippen LogP contribution in [0.4, 0.5) is 0 Å². The number of nitrogens with one attached hydrogen (secondary N) is 1. The predicted octanol–water partition coefficient (Wildman–Crippen LogP) is 1.09. The van der Waals surface area contributed by atoms with Crippen molar-refractivity contribution in [2.24, 2.45) is 5.73 Å². The number of rotatable bonds is 6. The van der Waals surface area contributed by atoms with Crippen LogP contribution in [-0.4, -0.2) is 25.6 Å². The first-order valence-corrected chi connectivity index (χ1v) is 5.83. The van der Waals surface area contributed by atoms with Gasteiger partial charge < -0.3 is 15.8 Å². The molecule has 0 radical (unpaired) electrons. The lowest BCUT2D eigenvalue weighted by Crippen LogP contribution is -2.40. The van der Waals surface area contributed by atoms with Gasteiger partial charge >= 0.3 is 0 Å². The van der Waals surface area contributed by atoms with Gasteiger partial charge in [-0.3, -0.25) is 4.79 Å². The van der Waals surface area contributed by atoms with Crippen molar-refractivity contribution < 1.29 is 9.53 Å². The number of carbonyl (C=O) groups is 1. The van der Waals surface area contributed by atoms with Crippen LogP contribution >= 0.6 is 0 Å². The Hall–Kier alpha value is -1.55. The van der Waals surface area contributed by atoms with Crippen LogP contribution in [0.25, 0.3) is 0 Å². The van der Waals surface area contributed by atoms with E-state index in [0.717, 1.165) is 17.7 Å². The highest BCUT2D eigenvalue weighted by Gasteiger charge is 2.09. The summed E-state index contributed by atoms with van der Waals surface area (Å²) in [6.45, 7) is 2.51. The Morgan fingerprint density at radius 2 is 2.06 bits per heavy atom. The van der Waals surface area contributed by atoms with Crippen molar-refractivity contribution in [1.82, 2.24) is 5.32 Å². The number of hydrogen-bond acceptors (Lipinski definition) is 3. The molecule has 0 aliphatic carbocycles. The van der Waals surface area contributed by atoms with E-state index in [1.165, 1.54) is 0 Å². The van der Waals surface area contributed by atoms with Crippen molar-refractivity contribution >= 4 is 5.91 Å². The lowest BCUT2D eigenvalue weighted by Gasteiger charge is -2.10. The van der Waals surface area contributed by atoms with E-state index < -0.39 is 6.04 Å². The van der Waals surface area contributed by atoms with E-state index >= 15 is 0 Å². The van der Waals surface area contributed by atoms with Gasteiger partial charge in [0.2, 0.25) is 5.91 Å². The summed E-state index contributed by atoms with van der Waals surface area (Å²) in [5.74, 6) is 0.756. The van der Waals surface area contributed by atoms with E-state index in [-0.39, 0.29) is 5.91 Å². The predicted molar refractivity (Wildman–Crippen MR) is 68.0 cm³/mol. The number of methoxy groups -OCH3 is 1. The van der Waals surface area contributed by atoms with Crippen LogP contribution in [0.2, 0.25) is 0 Å². The van der Waals surface area contributed by atoms with E-state index in [2.05, 4.69) is 5.32 Å². The summed E-state index contributed by atoms with van der Waals surface area (Å²) >= 11 is 0. The lowest BCUT2D eigenvalue weighted by molar-refractivity contribution is -0.122. The van der Waals surface area contributed by atoms with Crippen molar-refractivity contribution in [1.29, 1.82) is 0 Å².